The van der Waals surface area contributed by atoms with Gasteiger partial charge in [0.1, 0.15) is 17.2 Å². The fraction of sp³-hybridized carbons (Fsp3) is 0.318. The van der Waals surface area contributed by atoms with Crippen molar-refractivity contribution in [3.8, 4) is 17.2 Å². The van der Waals surface area contributed by atoms with Crippen LogP contribution in [-0.4, -0.2) is 37.3 Å². The van der Waals surface area contributed by atoms with E-state index in [2.05, 4.69) is 30.0 Å². The number of carbonyl (C=O) groups is 2. The Balaban J connectivity index is 1.77. The molecule has 0 atom stereocenters. The van der Waals surface area contributed by atoms with E-state index in [9.17, 15) is 9.59 Å². The Labute approximate surface area is 187 Å². The topological polar surface area (TPSA) is 97.9 Å². The van der Waals surface area contributed by atoms with Crippen LogP contribution in [-0.2, 0) is 4.79 Å². The molecular weight excluding hydrogens is 418 g/mol. The van der Waals surface area contributed by atoms with Crippen LogP contribution in [0.15, 0.2) is 48.5 Å². The lowest BCUT2D eigenvalue weighted by Gasteiger charge is -2.14. The van der Waals surface area contributed by atoms with Crippen LogP contribution >= 0.6 is 12.2 Å². The third-order valence-corrected chi connectivity index (χ3v) is 4.26. The van der Waals surface area contributed by atoms with Crippen LogP contribution in [0.2, 0.25) is 0 Å². The van der Waals surface area contributed by atoms with Crippen molar-refractivity contribution >= 4 is 29.1 Å². The van der Waals surface area contributed by atoms with Crippen LogP contribution in [0.4, 0.5) is 0 Å². The van der Waals surface area contributed by atoms with Gasteiger partial charge < -0.3 is 14.2 Å². The Morgan fingerprint density at radius 1 is 0.968 bits per heavy atom. The predicted octanol–water partition coefficient (Wildman–Crippen LogP) is 2.83. The normalized spacial score (nSPS) is 10.2. The first-order valence-corrected chi connectivity index (χ1v) is 10.2. The molecule has 0 radical (unpaired) electrons. The van der Waals surface area contributed by atoms with E-state index < -0.39 is 11.8 Å². The van der Waals surface area contributed by atoms with Crippen molar-refractivity contribution in [2.24, 2.45) is 5.92 Å². The predicted molar refractivity (Wildman–Crippen MR) is 121 cm³/mol. The van der Waals surface area contributed by atoms with Gasteiger partial charge in [-0.25, -0.2) is 0 Å². The highest BCUT2D eigenvalue weighted by Crippen LogP contribution is 2.19. The number of nitrogens with one attached hydrogen (secondary N) is 3. The highest BCUT2D eigenvalue weighted by Gasteiger charge is 2.14. The lowest BCUT2D eigenvalue weighted by molar-refractivity contribution is -0.123. The van der Waals surface area contributed by atoms with Crippen molar-refractivity contribution in [2.75, 3.05) is 20.3 Å². The zero-order chi connectivity index (χ0) is 22.6. The maximum absolute atomic E-state index is 12.5. The van der Waals surface area contributed by atoms with E-state index in [0.717, 1.165) is 6.42 Å². The zero-order valence-electron chi connectivity index (χ0n) is 17.8. The van der Waals surface area contributed by atoms with E-state index in [-0.39, 0.29) is 11.7 Å². The van der Waals surface area contributed by atoms with Gasteiger partial charge in [-0.15, -0.1) is 0 Å². The van der Waals surface area contributed by atoms with Crippen molar-refractivity contribution in [3.05, 3.63) is 54.1 Å². The molecule has 31 heavy (non-hydrogen) atoms. The van der Waals surface area contributed by atoms with Gasteiger partial charge in [0.05, 0.1) is 19.3 Å². The minimum absolute atomic E-state index is 0.0558. The molecule has 3 N–H and O–H groups in total. The molecule has 0 aliphatic carbocycles. The smallest absolute Gasteiger partial charge is 0.276 e. The summed E-state index contributed by atoms with van der Waals surface area (Å²) in [4.78, 5) is 24.4. The van der Waals surface area contributed by atoms with E-state index in [0.29, 0.717) is 35.3 Å². The van der Waals surface area contributed by atoms with Crippen LogP contribution in [0.25, 0.3) is 0 Å². The molecule has 2 rings (SSSR count). The minimum Gasteiger partial charge on any atom is -0.497 e. The fourth-order valence-electron chi connectivity index (χ4n) is 2.37. The molecule has 0 aromatic heterocycles. The summed E-state index contributed by atoms with van der Waals surface area (Å²) in [5, 5.41) is 2.45. The molecule has 8 nitrogen and oxygen atoms in total. The monoisotopic (exact) mass is 445 g/mol. The number of hydrogen-bond donors (Lipinski definition) is 3. The van der Waals surface area contributed by atoms with Crippen molar-refractivity contribution in [2.45, 2.75) is 20.3 Å². The van der Waals surface area contributed by atoms with Crippen molar-refractivity contribution in [3.63, 3.8) is 0 Å². The van der Waals surface area contributed by atoms with Crippen molar-refractivity contribution in [1.82, 2.24) is 16.2 Å². The number of thiocarbonyl (C=S) groups is 1. The molecule has 0 fully saturated rings. The number of amides is 2. The van der Waals surface area contributed by atoms with Gasteiger partial charge in [-0.1, -0.05) is 26.0 Å². The third-order valence-electron chi connectivity index (χ3n) is 4.06. The first-order chi connectivity index (χ1) is 14.9. The van der Waals surface area contributed by atoms with Crippen molar-refractivity contribution in [1.29, 1.82) is 0 Å². The molecule has 0 saturated heterocycles. The third kappa shape index (κ3) is 8.51. The SMILES string of the molecule is COc1ccc(OCC(=O)NNC(=S)NC(=O)c2ccccc2OCCC(C)C)cc1. The Morgan fingerprint density at radius 3 is 2.32 bits per heavy atom. The van der Waals surface area contributed by atoms with Gasteiger partial charge in [0.2, 0.25) is 0 Å². The van der Waals surface area contributed by atoms with E-state index in [1.807, 2.05) is 0 Å². The largest absolute Gasteiger partial charge is 0.497 e. The molecule has 166 valence electrons. The van der Waals surface area contributed by atoms with E-state index in [1.54, 1.807) is 55.6 Å². The molecule has 0 saturated carbocycles. The maximum atomic E-state index is 12.5. The first kappa shape index (κ1) is 23.9. The lowest BCUT2D eigenvalue weighted by atomic mass is 10.1. The molecule has 0 spiro atoms. The molecule has 0 aliphatic rings. The molecule has 2 amide bonds. The Kier molecular flexibility index (Phi) is 9.57. The summed E-state index contributed by atoms with van der Waals surface area (Å²) in [6, 6.07) is 13.7. The number of ether oxygens (including phenoxy) is 3. The first-order valence-electron chi connectivity index (χ1n) is 9.78. The second kappa shape index (κ2) is 12.4. The van der Waals surface area contributed by atoms with Crippen LogP contribution in [0, 0.1) is 5.92 Å². The Morgan fingerprint density at radius 2 is 1.65 bits per heavy atom. The summed E-state index contributed by atoms with van der Waals surface area (Å²) in [6.07, 6.45) is 0.876. The molecule has 9 heteroatoms. The summed E-state index contributed by atoms with van der Waals surface area (Å²) in [5.41, 5.74) is 5.19. The summed E-state index contributed by atoms with van der Waals surface area (Å²) < 4.78 is 16.1. The Bertz CT molecular complexity index is 887. The number of methoxy groups -OCH3 is 1. The summed E-state index contributed by atoms with van der Waals surface area (Å²) in [6.45, 7) is 4.47. The van der Waals surface area contributed by atoms with Crippen LogP contribution < -0.4 is 30.4 Å². The highest BCUT2D eigenvalue weighted by molar-refractivity contribution is 7.80. The number of hydrazine groups is 1. The molecule has 2 aromatic carbocycles. The van der Waals surface area contributed by atoms with Gasteiger partial charge in [0.15, 0.2) is 11.7 Å². The number of para-hydroxylation sites is 1. The summed E-state index contributed by atoms with van der Waals surface area (Å²) in [7, 11) is 1.56. The second-order valence-electron chi connectivity index (χ2n) is 6.95. The average Bonchev–Trinajstić information content (AvgIpc) is 2.76. The van der Waals surface area contributed by atoms with Gasteiger partial charge in [-0.3, -0.25) is 25.8 Å². The molecule has 0 bridgehead atoms. The average molecular weight is 446 g/mol. The lowest BCUT2D eigenvalue weighted by Crippen LogP contribution is -2.49. The van der Waals surface area contributed by atoms with Gasteiger partial charge >= 0.3 is 0 Å². The minimum atomic E-state index is -0.468. The van der Waals surface area contributed by atoms with E-state index in [1.165, 1.54) is 0 Å². The molecular formula is C22H27N3O5S. The number of carbonyl (C=O) groups excluding carboxylic acids is 2. The van der Waals surface area contributed by atoms with Crippen LogP contribution in [0.1, 0.15) is 30.6 Å². The Hall–Kier alpha value is -3.33. The molecule has 0 heterocycles. The van der Waals surface area contributed by atoms with E-state index >= 15 is 0 Å². The number of hydrogen-bond acceptors (Lipinski definition) is 6. The molecule has 0 unspecified atom stereocenters. The van der Waals surface area contributed by atoms with Crippen LogP contribution in [0.3, 0.4) is 0 Å². The van der Waals surface area contributed by atoms with Gasteiger partial charge in [-0.2, -0.15) is 0 Å². The highest BCUT2D eigenvalue weighted by atomic mass is 32.1. The second-order valence-corrected chi connectivity index (χ2v) is 7.36. The summed E-state index contributed by atoms with van der Waals surface area (Å²) in [5.74, 6) is 1.26. The molecule has 2 aromatic rings. The standard InChI is InChI=1S/C22H27N3O5S/c1-15(2)12-13-29-19-7-5-4-6-18(19)21(27)23-22(31)25-24-20(26)14-30-17-10-8-16(28-3)9-11-17/h4-11,15H,12-14H2,1-3H3,(H,24,26)(H2,23,25,27,31). The van der Waals surface area contributed by atoms with Gasteiger partial charge in [0, 0.05) is 0 Å². The zero-order valence-corrected chi connectivity index (χ0v) is 18.6. The van der Waals surface area contributed by atoms with Crippen molar-refractivity contribution < 1.29 is 23.8 Å². The van der Waals surface area contributed by atoms with Gasteiger partial charge in [0.25, 0.3) is 11.8 Å². The fourth-order valence-corrected chi connectivity index (χ4v) is 2.51. The van der Waals surface area contributed by atoms with Crippen LogP contribution in [0.5, 0.6) is 17.2 Å². The van der Waals surface area contributed by atoms with Gasteiger partial charge in [-0.05, 0) is 61.0 Å². The maximum Gasteiger partial charge on any atom is 0.276 e. The summed E-state index contributed by atoms with van der Waals surface area (Å²) >= 11 is 5.07. The quantitative estimate of drug-likeness (QED) is 0.403. The number of benzene rings is 2. The number of rotatable bonds is 9. The molecule has 0 aliphatic heterocycles. The van der Waals surface area contributed by atoms with E-state index in [4.69, 9.17) is 26.4 Å².